The van der Waals surface area contributed by atoms with Crippen molar-refractivity contribution in [2.24, 2.45) is 0 Å². The highest BCUT2D eigenvalue weighted by atomic mass is 35.5. The predicted octanol–water partition coefficient (Wildman–Crippen LogP) is 3.56. The van der Waals surface area contributed by atoms with Crippen molar-refractivity contribution in [2.75, 3.05) is 13.7 Å². The molecule has 3 nitrogen and oxygen atoms in total. The van der Waals surface area contributed by atoms with Crippen molar-refractivity contribution in [3.63, 3.8) is 0 Å². The third-order valence-corrected chi connectivity index (χ3v) is 2.60. The zero-order chi connectivity index (χ0) is 14.5. The second kappa shape index (κ2) is 6.86. The third kappa shape index (κ3) is 5.16. The van der Waals surface area contributed by atoms with Gasteiger partial charge in [-0.15, -0.1) is 0 Å². The van der Waals surface area contributed by atoms with Crippen LogP contribution < -0.4 is 9.47 Å². The monoisotopic (exact) mass is 298 g/mol. The van der Waals surface area contributed by atoms with Gasteiger partial charge in [0.15, 0.2) is 11.5 Å². The first-order valence-corrected chi connectivity index (χ1v) is 5.92. The first-order valence-electron chi connectivity index (χ1n) is 5.54. The van der Waals surface area contributed by atoms with Gasteiger partial charge in [0, 0.05) is 6.42 Å². The van der Waals surface area contributed by atoms with E-state index in [2.05, 4.69) is 0 Å². The number of methoxy groups -OCH3 is 1. The Morgan fingerprint density at radius 3 is 2.53 bits per heavy atom. The lowest BCUT2D eigenvalue weighted by Gasteiger charge is -2.14. The van der Waals surface area contributed by atoms with Gasteiger partial charge in [0.2, 0.25) is 0 Å². The number of hydrogen-bond donors (Lipinski definition) is 1. The number of rotatable bonds is 6. The molecule has 1 aromatic carbocycles. The third-order valence-electron chi connectivity index (χ3n) is 2.32. The quantitative estimate of drug-likeness (QED) is 0.816. The van der Waals surface area contributed by atoms with Crippen LogP contribution in [0.25, 0.3) is 0 Å². The predicted molar refractivity (Wildman–Crippen MR) is 64.7 cm³/mol. The van der Waals surface area contributed by atoms with Crippen LogP contribution in [0.2, 0.25) is 5.02 Å². The van der Waals surface area contributed by atoms with Gasteiger partial charge in [0.1, 0.15) is 0 Å². The summed E-state index contributed by atoms with van der Waals surface area (Å²) in [7, 11) is 1.38. The molecule has 0 saturated carbocycles. The minimum atomic E-state index is -4.20. The molecule has 0 aliphatic rings. The highest BCUT2D eigenvalue weighted by Gasteiger charge is 2.26. The summed E-state index contributed by atoms with van der Waals surface area (Å²) in [6, 6.07) is 2.99. The molecule has 0 aliphatic heterocycles. The van der Waals surface area contributed by atoms with E-state index in [0.717, 1.165) is 0 Å². The van der Waals surface area contributed by atoms with Crippen LogP contribution in [0.5, 0.6) is 11.5 Å². The van der Waals surface area contributed by atoms with E-state index < -0.39 is 12.6 Å². The molecule has 0 aliphatic carbocycles. The fourth-order valence-electron chi connectivity index (χ4n) is 1.45. The topological polar surface area (TPSA) is 38.7 Å². The summed E-state index contributed by atoms with van der Waals surface area (Å²) in [5.74, 6) is 0.465. The molecule has 108 valence electrons. The van der Waals surface area contributed by atoms with E-state index in [4.69, 9.17) is 26.2 Å². The normalized spacial score (nSPS) is 11.5. The van der Waals surface area contributed by atoms with E-state index in [-0.39, 0.29) is 36.2 Å². The van der Waals surface area contributed by atoms with Gasteiger partial charge in [-0.25, -0.2) is 0 Å². The Labute approximate surface area is 113 Å². The molecule has 0 unspecified atom stereocenters. The van der Waals surface area contributed by atoms with E-state index in [0.29, 0.717) is 5.56 Å². The first kappa shape index (κ1) is 15.9. The molecule has 7 heteroatoms. The standard InChI is InChI=1S/C12H14ClF3O3/c1-18-10-6-8(7-17)5-9(13)11(10)19-4-2-3-12(14,15)16/h5-6,17H,2-4,7H2,1H3. The Bertz CT molecular complexity index is 421. The minimum absolute atomic E-state index is 0.117. The van der Waals surface area contributed by atoms with Crippen LogP contribution in [0.4, 0.5) is 13.2 Å². The molecule has 19 heavy (non-hydrogen) atoms. The zero-order valence-corrected chi connectivity index (χ0v) is 11.0. The van der Waals surface area contributed by atoms with Gasteiger partial charge >= 0.3 is 6.18 Å². The van der Waals surface area contributed by atoms with E-state index in [1.807, 2.05) is 0 Å². The number of alkyl halides is 3. The average molecular weight is 299 g/mol. The van der Waals surface area contributed by atoms with Crippen molar-refractivity contribution in [3.8, 4) is 11.5 Å². The van der Waals surface area contributed by atoms with Crippen LogP contribution in [0, 0.1) is 0 Å². The average Bonchev–Trinajstić information content (AvgIpc) is 2.34. The number of halogens is 4. The number of aliphatic hydroxyl groups excluding tert-OH is 1. The van der Waals surface area contributed by atoms with Crippen molar-refractivity contribution >= 4 is 11.6 Å². The minimum Gasteiger partial charge on any atom is -0.493 e. The van der Waals surface area contributed by atoms with Crippen molar-refractivity contribution in [1.82, 2.24) is 0 Å². The van der Waals surface area contributed by atoms with Crippen molar-refractivity contribution < 1.29 is 27.8 Å². The Morgan fingerprint density at radius 2 is 2.00 bits per heavy atom. The molecular formula is C12H14ClF3O3. The molecule has 0 heterocycles. The molecule has 0 fully saturated rings. The summed E-state index contributed by atoms with van der Waals surface area (Å²) < 4.78 is 46.2. The SMILES string of the molecule is COc1cc(CO)cc(Cl)c1OCCCC(F)(F)F. The molecule has 0 amide bonds. The summed E-state index contributed by atoms with van der Waals surface area (Å²) in [6.45, 7) is -0.335. The number of ether oxygens (including phenoxy) is 2. The maximum absolute atomic E-state index is 12.0. The van der Waals surface area contributed by atoms with Crippen molar-refractivity contribution in [2.45, 2.75) is 25.6 Å². The van der Waals surface area contributed by atoms with Crippen LogP contribution >= 0.6 is 11.6 Å². The Hall–Kier alpha value is -1.14. The van der Waals surface area contributed by atoms with Crippen LogP contribution in [0.1, 0.15) is 18.4 Å². The molecule has 1 rings (SSSR count). The van der Waals surface area contributed by atoms with Crippen LogP contribution in [-0.2, 0) is 6.61 Å². The summed E-state index contributed by atoms with van der Waals surface area (Å²) in [5, 5.41) is 9.19. The van der Waals surface area contributed by atoms with Gasteiger partial charge in [-0.1, -0.05) is 11.6 Å². The molecule has 0 spiro atoms. The largest absolute Gasteiger partial charge is 0.493 e. The maximum Gasteiger partial charge on any atom is 0.389 e. The Kier molecular flexibility index (Phi) is 5.75. The van der Waals surface area contributed by atoms with Gasteiger partial charge in [-0.3, -0.25) is 0 Å². The first-order chi connectivity index (χ1) is 8.87. The molecule has 0 bridgehead atoms. The van der Waals surface area contributed by atoms with E-state index in [9.17, 15) is 13.2 Å². The fourth-order valence-corrected chi connectivity index (χ4v) is 1.74. The Balaban J connectivity index is 2.67. The van der Waals surface area contributed by atoms with Gasteiger partial charge in [-0.05, 0) is 24.1 Å². The summed E-state index contributed by atoms with van der Waals surface area (Å²) in [4.78, 5) is 0. The lowest BCUT2D eigenvalue weighted by molar-refractivity contribution is -0.136. The highest BCUT2D eigenvalue weighted by molar-refractivity contribution is 6.32. The molecule has 0 aromatic heterocycles. The van der Waals surface area contributed by atoms with Crippen LogP contribution in [0.3, 0.4) is 0 Å². The molecule has 0 radical (unpaired) electrons. The molecule has 0 atom stereocenters. The molecule has 1 aromatic rings. The Morgan fingerprint density at radius 1 is 1.32 bits per heavy atom. The summed E-state index contributed by atoms with van der Waals surface area (Å²) in [5.41, 5.74) is 0.532. The second-order valence-corrected chi connectivity index (χ2v) is 4.24. The lowest BCUT2D eigenvalue weighted by atomic mass is 10.2. The number of aliphatic hydroxyl groups is 1. The van der Waals surface area contributed by atoms with Gasteiger partial charge in [0.05, 0.1) is 25.3 Å². The number of hydrogen-bond acceptors (Lipinski definition) is 3. The molecule has 1 N–H and O–H groups in total. The number of benzene rings is 1. The van der Waals surface area contributed by atoms with Crippen molar-refractivity contribution in [1.29, 1.82) is 0 Å². The van der Waals surface area contributed by atoms with E-state index in [1.165, 1.54) is 19.2 Å². The highest BCUT2D eigenvalue weighted by Crippen LogP contribution is 2.36. The second-order valence-electron chi connectivity index (χ2n) is 3.83. The maximum atomic E-state index is 12.0. The van der Waals surface area contributed by atoms with E-state index in [1.54, 1.807) is 0 Å². The smallest absolute Gasteiger partial charge is 0.389 e. The molecule has 0 saturated heterocycles. The van der Waals surface area contributed by atoms with Crippen molar-refractivity contribution in [3.05, 3.63) is 22.7 Å². The van der Waals surface area contributed by atoms with Gasteiger partial charge in [0.25, 0.3) is 0 Å². The lowest BCUT2D eigenvalue weighted by Crippen LogP contribution is -2.10. The van der Waals surface area contributed by atoms with Gasteiger partial charge in [-0.2, -0.15) is 13.2 Å². The van der Waals surface area contributed by atoms with Crippen LogP contribution in [0.15, 0.2) is 12.1 Å². The van der Waals surface area contributed by atoms with E-state index >= 15 is 0 Å². The zero-order valence-electron chi connectivity index (χ0n) is 10.3. The summed E-state index contributed by atoms with van der Waals surface area (Å²) >= 11 is 5.92. The van der Waals surface area contributed by atoms with Gasteiger partial charge < -0.3 is 14.6 Å². The molecular weight excluding hydrogens is 285 g/mol. The van der Waals surface area contributed by atoms with Crippen LogP contribution in [-0.4, -0.2) is 25.0 Å². The summed E-state index contributed by atoms with van der Waals surface area (Å²) in [6.07, 6.45) is -5.27. The fraction of sp³-hybridized carbons (Fsp3) is 0.500.